The van der Waals surface area contributed by atoms with Gasteiger partial charge in [0, 0.05) is 43.2 Å². The summed E-state index contributed by atoms with van der Waals surface area (Å²) in [5, 5.41) is 3.61. The molecule has 3 heterocycles. The van der Waals surface area contributed by atoms with E-state index < -0.39 is 0 Å². The quantitative estimate of drug-likeness (QED) is 0.170. The Hall–Kier alpha value is -7.14. The van der Waals surface area contributed by atoms with E-state index in [0.29, 0.717) is 5.82 Å². The fourth-order valence-corrected chi connectivity index (χ4v) is 9.43. The summed E-state index contributed by atoms with van der Waals surface area (Å²) in [6.07, 6.45) is 0. The Kier molecular flexibility index (Phi) is 7.68. The second-order valence-corrected chi connectivity index (χ2v) is 15.2. The predicted octanol–water partition coefficient (Wildman–Crippen LogP) is 14.3. The SMILES string of the molecule is c1ccc(-c2cccc(-c3cc(-c4ccccc4)cc4c3sc3c(-c5ccccc5)nc(-c5cccc(-n6c7ccccc7c7ccccc76)c5)nc34)c2)cc1. The summed E-state index contributed by atoms with van der Waals surface area (Å²) in [6.45, 7) is 0. The number of hydrogen-bond acceptors (Lipinski definition) is 3. The van der Waals surface area contributed by atoms with Crippen molar-refractivity contribution in [2.45, 2.75) is 0 Å². The molecule has 56 heavy (non-hydrogen) atoms. The molecule has 0 atom stereocenters. The van der Waals surface area contributed by atoms with Crippen molar-refractivity contribution in [1.82, 2.24) is 14.5 Å². The molecular weight excluding hydrogens is 699 g/mol. The number of aromatic nitrogens is 3. The number of hydrogen-bond donors (Lipinski definition) is 0. The number of fused-ring (bicyclic) bond motifs is 6. The Morgan fingerprint density at radius 1 is 0.357 bits per heavy atom. The largest absolute Gasteiger partial charge is 0.309 e. The summed E-state index contributed by atoms with van der Waals surface area (Å²) in [5.74, 6) is 0.705. The van der Waals surface area contributed by atoms with Gasteiger partial charge in [-0.3, -0.25) is 0 Å². The maximum absolute atomic E-state index is 5.49. The molecular formula is C52H33N3S. The van der Waals surface area contributed by atoms with Gasteiger partial charge in [0.1, 0.15) is 0 Å². The normalized spacial score (nSPS) is 11.6. The summed E-state index contributed by atoms with van der Waals surface area (Å²) in [6, 6.07) is 71.4. The third-order valence-corrected chi connectivity index (χ3v) is 12.0. The van der Waals surface area contributed by atoms with Crippen molar-refractivity contribution < 1.29 is 0 Å². The molecule has 0 saturated heterocycles. The predicted molar refractivity (Wildman–Crippen MR) is 236 cm³/mol. The second kappa shape index (κ2) is 13.3. The first-order valence-electron chi connectivity index (χ1n) is 18.9. The summed E-state index contributed by atoms with van der Waals surface area (Å²) in [7, 11) is 0. The van der Waals surface area contributed by atoms with Crippen LogP contribution in [0.25, 0.3) is 104 Å². The lowest BCUT2D eigenvalue weighted by Crippen LogP contribution is -1.97. The molecule has 262 valence electrons. The van der Waals surface area contributed by atoms with Crippen LogP contribution in [-0.2, 0) is 0 Å². The van der Waals surface area contributed by atoms with Gasteiger partial charge in [0.25, 0.3) is 0 Å². The smallest absolute Gasteiger partial charge is 0.160 e. The van der Waals surface area contributed by atoms with Crippen LogP contribution in [0.15, 0.2) is 200 Å². The Morgan fingerprint density at radius 3 is 1.61 bits per heavy atom. The highest BCUT2D eigenvalue weighted by atomic mass is 32.1. The van der Waals surface area contributed by atoms with Crippen LogP contribution in [0, 0.1) is 0 Å². The van der Waals surface area contributed by atoms with Crippen molar-refractivity contribution >= 4 is 53.4 Å². The highest BCUT2D eigenvalue weighted by molar-refractivity contribution is 7.26. The Balaban J connectivity index is 1.17. The Labute approximate surface area is 328 Å². The van der Waals surface area contributed by atoms with Gasteiger partial charge in [-0.15, -0.1) is 11.3 Å². The highest BCUT2D eigenvalue weighted by Gasteiger charge is 2.21. The van der Waals surface area contributed by atoms with Gasteiger partial charge in [-0.1, -0.05) is 158 Å². The zero-order valence-electron chi connectivity index (χ0n) is 30.3. The third-order valence-electron chi connectivity index (χ3n) is 10.8. The zero-order valence-corrected chi connectivity index (χ0v) is 31.1. The molecule has 0 amide bonds. The van der Waals surface area contributed by atoms with Crippen LogP contribution >= 0.6 is 11.3 Å². The van der Waals surface area contributed by atoms with E-state index in [1.165, 1.54) is 54.3 Å². The summed E-state index contributed by atoms with van der Waals surface area (Å²) < 4.78 is 4.64. The molecule has 0 aliphatic rings. The fourth-order valence-electron chi connectivity index (χ4n) is 8.16. The van der Waals surface area contributed by atoms with Gasteiger partial charge in [0.05, 0.1) is 26.9 Å². The van der Waals surface area contributed by atoms with Gasteiger partial charge >= 0.3 is 0 Å². The summed E-state index contributed by atoms with van der Waals surface area (Å²) in [4.78, 5) is 10.9. The highest BCUT2D eigenvalue weighted by Crippen LogP contribution is 2.46. The van der Waals surface area contributed by atoms with Gasteiger partial charge in [-0.25, -0.2) is 9.97 Å². The average Bonchev–Trinajstić information content (AvgIpc) is 3.83. The molecule has 4 heteroatoms. The molecule has 0 saturated carbocycles. The molecule has 0 aliphatic carbocycles. The third kappa shape index (κ3) is 5.42. The van der Waals surface area contributed by atoms with Crippen molar-refractivity contribution in [1.29, 1.82) is 0 Å². The number of thiophene rings is 1. The minimum absolute atomic E-state index is 0.705. The van der Waals surface area contributed by atoms with Gasteiger partial charge in [0.15, 0.2) is 5.82 Å². The lowest BCUT2D eigenvalue weighted by molar-refractivity contribution is 1.17. The van der Waals surface area contributed by atoms with Gasteiger partial charge in [0.2, 0.25) is 0 Å². The minimum atomic E-state index is 0.705. The van der Waals surface area contributed by atoms with E-state index in [9.17, 15) is 0 Å². The first-order chi connectivity index (χ1) is 27.8. The molecule has 0 aliphatic heterocycles. The molecule has 8 aromatic carbocycles. The van der Waals surface area contributed by atoms with Crippen LogP contribution in [-0.4, -0.2) is 14.5 Å². The Morgan fingerprint density at radius 2 is 0.911 bits per heavy atom. The van der Waals surface area contributed by atoms with Crippen LogP contribution < -0.4 is 0 Å². The number of para-hydroxylation sites is 2. The van der Waals surface area contributed by atoms with Crippen molar-refractivity contribution in [3.8, 4) is 61.7 Å². The molecule has 0 fully saturated rings. The molecule has 0 spiro atoms. The van der Waals surface area contributed by atoms with Gasteiger partial charge in [-0.05, 0) is 70.3 Å². The molecule has 3 nitrogen and oxygen atoms in total. The molecule has 3 aromatic heterocycles. The zero-order chi connectivity index (χ0) is 37.0. The monoisotopic (exact) mass is 731 g/mol. The van der Waals surface area contributed by atoms with Crippen molar-refractivity contribution in [2.24, 2.45) is 0 Å². The molecule has 11 aromatic rings. The van der Waals surface area contributed by atoms with E-state index in [1.807, 2.05) is 0 Å². The average molecular weight is 732 g/mol. The van der Waals surface area contributed by atoms with E-state index in [1.54, 1.807) is 11.3 Å². The first-order valence-corrected chi connectivity index (χ1v) is 19.7. The maximum atomic E-state index is 5.49. The standard InChI is InChI=1S/C52H33N3S/c1-4-16-34(17-5-1)37-22-14-23-38(30-37)44-32-40(35-18-6-2-7-19-35)33-45-49-51(56-50(44)45)48(36-20-8-3-9-21-36)53-52(54-49)39-24-15-25-41(31-39)55-46-28-12-10-26-42(46)43-27-11-13-29-47(43)55/h1-33H. The number of rotatable bonds is 6. The van der Waals surface area contributed by atoms with E-state index in [2.05, 4.69) is 205 Å². The second-order valence-electron chi connectivity index (χ2n) is 14.2. The Bertz CT molecular complexity index is 3180. The minimum Gasteiger partial charge on any atom is -0.309 e. The number of nitrogens with zero attached hydrogens (tertiary/aromatic N) is 3. The van der Waals surface area contributed by atoms with E-state index in [-0.39, 0.29) is 0 Å². The maximum Gasteiger partial charge on any atom is 0.160 e. The fraction of sp³-hybridized carbons (Fsp3) is 0. The van der Waals surface area contributed by atoms with Crippen LogP contribution in [0.4, 0.5) is 0 Å². The molecule has 0 unspecified atom stereocenters. The van der Waals surface area contributed by atoms with E-state index >= 15 is 0 Å². The molecule has 11 rings (SSSR count). The molecule has 0 N–H and O–H groups in total. The lowest BCUT2D eigenvalue weighted by Gasteiger charge is -2.11. The molecule has 0 radical (unpaired) electrons. The van der Waals surface area contributed by atoms with Crippen molar-refractivity contribution in [2.75, 3.05) is 0 Å². The van der Waals surface area contributed by atoms with Gasteiger partial charge in [-0.2, -0.15) is 0 Å². The van der Waals surface area contributed by atoms with Crippen LogP contribution in [0.5, 0.6) is 0 Å². The van der Waals surface area contributed by atoms with Crippen LogP contribution in [0.1, 0.15) is 0 Å². The van der Waals surface area contributed by atoms with Crippen LogP contribution in [0.3, 0.4) is 0 Å². The van der Waals surface area contributed by atoms with Crippen LogP contribution in [0.2, 0.25) is 0 Å². The van der Waals surface area contributed by atoms with E-state index in [0.717, 1.165) is 43.7 Å². The van der Waals surface area contributed by atoms with E-state index in [4.69, 9.17) is 9.97 Å². The summed E-state index contributed by atoms with van der Waals surface area (Å²) >= 11 is 1.79. The number of benzene rings is 8. The van der Waals surface area contributed by atoms with Crippen molar-refractivity contribution in [3.63, 3.8) is 0 Å². The molecule has 0 bridgehead atoms. The topological polar surface area (TPSA) is 30.7 Å². The van der Waals surface area contributed by atoms with Gasteiger partial charge < -0.3 is 4.57 Å². The lowest BCUT2D eigenvalue weighted by atomic mass is 9.94. The summed E-state index contributed by atoms with van der Waals surface area (Å²) in [5.41, 5.74) is 14.5. The van der Waals surface area contributed by atoms with Crippen molar-refractivity contribution in [3.05, 3.63) is 200 Å². The first kappa shape index (κ1) is 32.3.